The average molecular weight is 545 g/mol. The number of rotatable bonds is 12. The molecule has 0 fully saturated rings. The van der Waals surface area contributed by atoms with Gasteiger partial charge in [-0.3, -0.25) is 18.7 Å². The molecular weight excluding hydrogens is 514 g/mol. The van der Waals surface area contributed by atoms with Gasteiger partial charge in [-0.15, -0.1) is 0 Å². The minimum absolute atomic E-state index is 0.166. The number of hydrogen-bond donors (Lipinski definition) is 4. The van der Waals surface area contributed by atoms with Crippen molar-refractivity contribution in [2.24, 2.45) is 5.73 Å². The number of aromatic nitrogens is 5. The van der Waals surface area contributed by atoms with Gasteiger partial charge in [0, 0.05) is 48.5 Å². The number of ether oxygens (including phenoxy) is 1. The molecule has 14 heteroatoms. The van der Waals surface area contributed by atoms with Gasteiger partial charge in [-0.25, -0.2) is 18.7 Å². The topological polar surface area (TPSA) is 162 Å². The minimum atomic E-state index is -2.49. The number of hydrogen-bond acceptors (Lipinski definition) is 8. The first-order valence-corrected chi connectivity index (χ1v) is 12.1. The van der Waals surface area contributed by atoms with Crippen molar-refractivity contribution >= 4 is 29.5 Å². The Bertz CT molecular complexity index is 1380. The van der Waals surface area contributed by atoms with Crippen molar-refractivity contribution in [3.05, 3.63) is 60.3 Å². The van der Waals surface area contributed by atoms with Crippen molar-refractivity contribution in [3.8, 4) is 11.3 Å². The summed E-state index contributed by atoms with van der Waals surface area (Å²) in [4.78, 5) is 29.9. The first-order valence-electron chi connectivity index (χ1n) is 12.1. The Balaban J connectivity index is 0.00000134. The van der Waals surface area contributed by atoms with Gasteiger partial charge in [0.25, 0.3) is 18.8 Å². The highest BCUT2D eigenvalue weighted by Crippen LogP contribution is 2.26. The molecule has 0 radical (unpaired) electrons. The molecule has 12 nitrogen and oxygen atoms in total. The molecule has 4 aromatic rings. The predicted molar refractivity (Wildman–Crippen MR) is 140 cm³/mol. The van der Waals surface area contributed by atoms with Gasteiger partial charge in [-0.05, 0) is 30.2 Å². The number of anilines is 2. The summed E-state index contributed by atoms with van der Waals surface area (Å²) in [6, 6.07) is 5.48. The maximum Gasteiger partial charge on any atom is 0.290 e. The summed E-state index contributed by atoms with van der Waals surface area (Å²) >= 11 is 0. The maximum absolute atomic E-state index is 12.7. The molecule has 0 atom stereocenters. The van der Waals surface area contributed by atoms with E-state index in [1.807, 2.05) is 23.5 Å². The number of nitrogens with one attached hydrogen (secondary N) is 2. The second kappa shape index (κ2) is 14.5. The number of benzene rings is 1. The van der Waals surface area contributed by atoms with Crippen molar-refractivity contribution < 1.29 is 28.2 Å². The number of imidazole rings is 1. The van der Waals surface area contributed by atoms with Crippen LogP contribution in [0.3, 0.4) is 0 Å². The molecule has 0 aliphatic heterocycles. The maximum atomic E-state index is 12.7. The lowest BCUT2D eigenvalue weighted by atomic mass is 10.0. The second-order valence-electron chi connectivity index (χ2n) is 8.07. The van der Waals surface area contributed by atoms with Crippen molar-refractivity contribution in [2.75, 3.05) is 31.6 Å². The van der Waals surface area contributed by atoms with E-state index in [4.69, 9.17) is 20.4 Å². The molecule has 3 aromatic heterocycles. The van der Waals surface area contributed by atoms with Gasteiger partial charge in [0.2, 0.25) is 0 Å². The summed E-state index contributed by atoms with van der Waals surface area (Å²) in [6.45, 7) is 2.96. The van der Waals surface area contributed by atoms with E-state index in [1.165, 1.54) is 10.9 Å². The highest BCUT2D eigenvalue weighted by atomic mass is 19.3. The Kier molecular flexibility index (Phi) is 10.8. The zero-order chi connectivity index (χ0) is 28.2. The van der Waals surface area contributed by atoms with E-state index in [0.717, 1.165) is 11.3 Å². The molecule has 39 heavy (non-hydrogen) atoms. The summed E-state index contributed by atoms with van der Waals surface area (Å²) in [7, 11) is 0. The van der Waals surface area contributed by atoms with E-state index in [2.05, 4.69) is 25.7 Å². The van der Waals surface area contributed by atoms with Gasteiger partial charge in [-0.2, -0.15) is 5.10 Å². The zero-order valence-corrected chi connectivity index (χ0v) is 21.3. The number of alkyl halides is 2. The first-order chi connectivity index (χ1) is 18.9. The number of carbonyl (C=O) groups is 2. The third-order valence-electron chi connectivity index (χ3n) is 5.47. The Hall–Kier alpha value is -4.43. The Morgan fingerprint density at radius 2 is 2.05 bits per heavy atom. The molecule has 4 rings (SSSR count). The zero-order valence-electron chi connectivity index (χ0n) is 21.3. The van der Waals surface area contributed by atoms with Crippen LogP contribution in [-0.2, 0) is 22.5 Å². The van der Waals surface area contributed by atoms with E-state index in [1.54, 1.807) is 30.9 Å². The number of carbonyl (C=O) groups excluding carboxylic acids is 1. The number of halogens is 2. The Morgan fingerprint density at radius 1 is 1.26 bits per heavy atom. The second-order valence-corrected chi connectivity index (χ2v) is 8.07. The average Bonchev–Trinajstić information content (AvgIpc) is 3.56. The molecule has 0 spiro atoms. The molecule has 0 bridgehead atoms. The van der Waals surface area contributed by atoms with Crippen LogP contribution in [0.5, 0.6) is 0 Å². The predicted octanol–water partition coefficient (Wildman–Crippen LogP) is 2.57. The molecule has 3 heterocycles. The van der Waals surface area contributed by atoms with Gasteiger partial charge in [0.15, 0.2) is 11.5 Å². The van der Waals surface area contributed by atoms with Crippen molar-refractivity contribution in [1.82, 2.24) is 29.5 Å². The SMILES string of the molecule is CCc1cc(Nc2nccn3c(-c4cnn(CC(F)F)c4)cnc23)ccc1C(=O)NCCOCCN.O=CO. The fourth-order valence-corrected chi connectivity index (χ4v) is 3.80. The van der Waals surface area contributed by atoms with Crippen molar-refractivity contribution in [3.63, 3.8) is 0 Å². The molecule has 1 aromatic carbocycles. The van der Waals surface area contributed by atoms with Crippen LogP contribution >= 0.6 is 0 Å². The number of fused-ring (bicyclic) bond motifs is 1. The van der Waals surface area contributed by atoms with Crippen LogP contribution < -0.4 is 16.4 Å². The van der Waals surface area contributed by atoms with Crippen LogP contribution in [0.1, 0.15) is 22.8 Å². The van der Waals surface area contributed by atoms with Crippen LogP contribution in [0.2, 0.25) is 0 Å². The molecule has 0 unspecified atom stereocenters. The lowest BCUT2D eigenvalue weighted by Gasteiger charge is -2.13. The van der Waals surface area contributed by atoms with Crippen molar-refractivity contribution in [2.45, 2.75) is 26.3 Å². The molecule has 0 saturated heterocycles. The van der Waals surface area contributed by atoms with Crippen LogP contribution in [0.25, 0.3) is 16.9 Å². The third-order valence-corrected chi connectivity index (χ3v) is 5.47. The Morgan fingerprint density at radius 3 is 2.77 bits per heavy atom. The summed E-state index contributed by atoms with van der Waals surface area (Å²) in [5.74, 6) is 0.347. The minimum Gasteiger partial charge on any atom is -0.483 e. The van der Waals surface area contributed by atoms with E-state index >= 15 is 0 Å². The summed E-state index contributed by atoms with van der Waals surface area (Å²) in [5, 5.41) is 17.0. The fraction of sp³-hybridized carbons (Fsp3) is 0.320. The smallest absolute Gasteiger partial charge is 0.290 e. The van der Waals surface area contributed by atoms with Gasteiger partial charge in [-0.1, -0.05) is 6.92 Å². The number of carboxylic acid groups (broad SMARTS) is 1. The molecule has 0 saturated carbocycles. The van der Waals surface area contributed by atoms with Gasteiger partial charge in [0.05, 0.1) is 31.3 Å². The molecule has 1 amide bonds. The molecule has 0 aliphatic rings. The fourth-order valence-electron chi connectivity index (χ4n) is 3.80. The summed E-state index contributed by atoms with van der Waals surface area (Å²) in [5.41, 5.74) is 9.54. The van der Waals surface area contributed by atoms with Gasteiger partial charge in [0.1, 0.15) is 6.54 Å². The quantitative estimate of drug-likeness (QED) is 0.155. The monoisotopic (exact) mass is 544 g/mol. The largest absolute Gasteiger partial charge is 0.483 e. The van der Waals surface area contributed by atoms with Crippen LogP contribution in [0.15, 0.2) is 49.2 Å². The normalized spacial score (nSPS) is 10.8. The van der Waals surface area contributed by atoms with Crippen LogP contribution in [0.4, 0.5) is 20.3 Å². The van der Waals surface area contributed by atoms with E-state index in [9.17, 15) is 13.6 Å². The first kappa shape index (κ1) is 29.1. The number of nitrogens with zero attached hydrogens (tertiary/aromatic N) is 5. The molecule has 5 N–H and O–H groups in total. The Labute approximate surface area is 222 Å². The van der Waals surface area contributed by atoms with Crippen LogP contribution in [0, 0.1) is 0 Å². The van der Waals surface area contributed by atoms with Gasteiger partial charge >= 0.3 is 0 Å². The lowest BCUT2D eigenvalue weighted by Crippen LogP contribution is -2.28. The molecule has 208 valence electrons. The molecule has 0 aliphatic carbocycles. The van der Waals surface area contributed by atoms with E-state index < -0.39 is 13.0 Å². The van der Waals surface area contributed by atoms with Crippen molar-refractivity contribution in [1.29, 1.82) is 0 Å². The summed E-state index contributed by atoms with van der Waals surface area (Å²) in [6.07, 6.45) is 6.28. The third kappa shape index (κ3) is 7.78. The van der Waals surface area contributed by atoms with E-state index in [-0.39, 0.29) is 12.4 Å². The number of aryl methyl sites for hydroxylation is 1. The number of amides is 1. The highest BCUT2D eigenvalue weighted by molar-refractivity contribution is 5.96. The van der Waals surface area contributed by atoms with E-state index in [0.29, 0.717) is 61.0 Å². The van der Waals surface area contributed by atoms with Crippen LogP contribution in [-0.4, -0.2) is 74.4 Å². The number of nitrogens with two attached hydrogens (primary N) is 1. The summed E-state index contributed by atoms with van der Waals surface area (Å²) < 4.78 is 33.7. The lowest BCUT2D eigenvalue weighted by molar-refractivity contribution is -0.122. The van der Waals surface area contributed by atoms with Gasteiger partial charge < -0.3 is 26.2 Å². The highest BCUT2D eigenvalue weighted by Gasteiger charge is 2.15. The standard InChI is InChI=1S/C24H28F2N8O2.CH2O2/c1-2-16-11-18(3-4-19(16)24(35)29-7-10-36-9-5-27)32-22-23-30-13-20(34(23)8-6-28-22)17-12-31-33(14-17)15-21(25)26;2-1-3/h3-4,6,8,11-14,21H,2,5,7,9-10,15,27H2,1H3,(H,28,32)(H,29,35);1H,(H,2,3). The molecular formula is C25H30F2N8O4.